The number of piperidine rings is 1. The van der Waals surface area contributed by atoms with Gasteiger partial charge in [-0.2, -0.15) is 10.2 Å². The van der Waals surface area contributed by atoms with Crippen molar-refractivity contribution in [1.29, 1.82) is 0 Å². The molecular formula is C27H27F2N5O2. The fourth-order valence-corrected chi connectivity index (χ4v) is 4.87. The van der Waals surface area contributed by atoms with Gasteiger partial charge in [0, 0.05) is 37.9 Å². The molecule has 1 N–H and O–H groups in total. The molecule has 0 atom stereocenters. The predicted molar refractivity (Wildman–Crippen MR) is 131 cm³/mol. The van der Waals surface area contributed by atoms with E-state index >= 15 is 0 Å². The Morgan fingerprint density at radius 2 is 1.64 bits per heavy atom. The molecule has 1 aromatic heterocycles. The molecule has 0 aliphatic carbocycles. The van der Waals surface area contributed by atoms with E-state index in [4.69, 9.17) is 0 Å². The molecule has 2 amide bonds. The van der Waals surface area contributed by atoms with E-state index < -0.39 is 11.6 Å². The molecule has 0 unspecified atom stereocenters. The summed E-state index contributed by atoms with van der Waals surface area (Å²) in [5.74, 6) is -1.21. The minimum atomic E-state index is -0.673. The smallest absolute Gasteiger partial charge is 0.231 e. The predicted octanol–water partition coefficient (Wildman–Crippen LogP) is 3.78. The third-order valence-electron chi connectivity index (χ3n) is 6.96. The van der Waals surface area contributed by atoms with Crippen LogP contribution in [0.25, 0.3) is 0 Å². The highest BCUT2D eigenvalue weighted by atomic mass is 19.1. The van der Waals surface area contributed by atoms with Crippen molar-refractivity contribution in [3.05, 3.63) is 83.7 Å². The number of carbonyl (C=O) groups is 2. The molecule has 2 aliphatic heterocycles. The van der Waals surface area contributed by atoms with Crippen LogP contribution >= 0.6 is 0 Å². The maximum Gasteiger partial charge on any atom is 0.231 e. The van der Waals surface area contributed by atoms with Gasteiger partial charge in [0.15, 0.2) is 0 Å². The number of aromatic nitrogens is 2. The average Bonchev–Trinajstić information content (AvgIpc) is 2.84. The largest absolute Gasteiger partial charge is 0.368 e. The van der Waals surface area contributed by atoms with Crippen LogP contribution in [0.4, 0.5) is 20.2 Å². The van der Waals surface area contributed by atoms with Crippen LogP contribution in [0.15, 0.2) is 60.9 Å². The van der Waals surface area contributed by atoms with Gasteiger partial charge in [-0.3, -0.25) is 9.59 Å². The number of amides is 2. The van der Waals surface area contributed by atoms with Crippen molar-refractivity contribution in [2.24, 2.45) is 5.92 Å². The van der Waals surface area contributed by atoms with Gasteiger partial charge in [0.05, 0.1) is 30.4 Å². The molecule has 2 aliphatic rings. The SMILES string of the molecule is O=C(Nc1ccc(C2CCN(C(=O)Cc3cc(F)cc(F)c3)CC2)cc1)C1CN(c2ccnnc2)C1. The van der Waals surface area contributed by atoms with Crippen LogP contribution in [0.2, 0.25) is 0 Å². The molecule has 9 heteroatoms. The number of halogens is 2. The molecule has 2 fully saturated rings. The molecule has 36 heavy (non-hydrogen) atoms. The minimum Gasteiger partial charge on any atom is -0.368 e. The van der Waals surface area contributed by atoms with Crippen molar-refractivity contribution in [2.45, 2.75) is 25.2 Å². The molecule has 2 saturated heterocycles. The van der Waals surface area contributed by atoms with E-state index in [-0.39, 0.29) is 24.2 Å². The molecule has 0 saturated carbocycles. The van der Waals surface area contributed by atoms with Crippen molar-refractivity contribution in [3.63, 3.8) is 0 Å². The first-order valence-corrected chi connectivity index (χ1v) is 12.1. The van der Waals surface area contributed by atoms with E-state index in [1.165, 1.54) is 17.7 Å². The average molecular weight is 492 g/mol. The zero-order valence-electron chi connectivity index (χ0n) is 19.7. The number of nitrogens with zero attached hydrogens (tertiary/aromatic N) is 4. The first kappa shape index (κ1) is 23.8. The van der Waals surface area contributed by atoms with Gasteiger partial charge in [0.2, 0.25) is 11.8 Å². The number of hydrogen-bond donors (Lipinski definition) is 1. The molecule has 3 heterocycles. The first-order chi connectivity index (χ1) is 17.4. The summed E-state index contributed by atoms with van der Waals surface area (Å²) in [5.41, 5.74) is 3.25. The number of carbonyl (C=O) groups excluding carboxylic acids is 2. The number of likely N-dealkylation sites (tertiary alicyclic amines) is 1. The van der Waals surface area contributed by atoms with Crippen LogP contribution < -0.4 is 10.2 Å². The van der Waals surface area contributed by atoms with Crippen LogP contribution in [-0.4, -0.2) is 53.1 Å². The molecule has 0 spiro atoms. The second kappa shape index (κ2) is 10.4. The third kappa shape index (κ3) is 5.50. The van der Waals surface area contributed by atoms with Gasteiger partial charge in [-0.05, 0) is 60.2 Å². The van der Waals surface area contributed by atoms with Gasteiger partial charge in [-0.1, -0.05) is 12.1 Å². The maximum absolute atomic E-state index is 13.4. The highest BCUT2D eigenvalue weighted by Gasteiger charge is 2.33. The summed E-state index contributed by atoms with van der Waals surface area (Å²) < 4.78 is 26.8. The van der Waals surface area contributed by atoms with Gasteiger partial charge in [-0.25, -0.2) is 8.78 Å². The number of anilines is 2. The van der Waals surface area contributed by atoms with E-state index in [2.05, 4.69) is 20.4 Å². The van der Waals surface area contributed by atoms with Crippen LogP contribution in [0.3, 0.4) is 0 Å². The lowest BCUT2D eigenvalue weighted by atomic mass is 9.89. The topological polar surface area (TPSA) is 78.4 Å². The number of nitrogens with one attached hydrogen (secondary N) is 1. The normalized spacial score (nSPS) is 16.5. The third-order valence-corrected chi connectivity index (χ3v) is 6.96. The molecule has 0 radical (unpaired) electrons. The second-order valence-corrected chi connectivity index (χ2v) is 9.42. The van der Waals surface area contributed by atoms with Crippen LogP contribution in [0.1, 0.15) is 29.9 Å². The number of hydrogen-bond acceptors (Lipinski definition) is 5. The summed E-state index contributed by atoms with van der Waals surface area (Å²) in [6, 6.07) is 13.0. The lowest BCUT2D eigenvalue weighted by Gasteiger charge is -2.39. The maximum atomic E-state index is 13.4. The summed E-state index contributed by atoms with van der Waals surface area (Å²) in [4.78, 5) is 29.0. The van der Waals surface area contributed by atoms with Crippen LogP contribution in [-0.2, 0) is 16.0 Å². The second-order valence-electron chi connectivity index (χ2n) is 9.42. The Bertz CT molecular complexity index is 1200. The Morgan fingerprint density at radius 1 is 0.944 bits per heavy atom. The summed E-state index contributed by atoms with van der Waals surface area (Å²) in [6.07, 6.45) is 4.96. The monoisotopic (exact) mass is 491 g/mol. The van der Waals surface area contributed by atoms with Crippen molar-refractivity contribution >= 4 is 23.2 Å². The van der Waals surface area contributed by atoms with E-state index in [0.717, 1.165) is 30.3 Å². The van der Waals surface area contributed by atoms with Gasteiger partial charge in [0.25, 0.3) is 0 Å². The standard InChI is InChI=1S/C27H27F2N5O2/c28-22-11-18(12-23(29)14-22)13-26(35)33-9-6-20(7-10-33)19-1-3-24(4-2-19)32-27(36)21-16-34(17-21)25-5-8-30-31-15-25/h1-5,8,11-12,14-15,20-21H,6-7,9-10,13,16-17H2,(H,32,36). The minimum absolute atomic E-state index is 0.00557. The molecule has 7 nitrogen and oxygen atoms in total. The molecule has 2 aromatic carbocycles. The molecule has 186 valence electrons. The lowest BCUT2D eigenvalue weighted by molar-refractivity contribution is -0.131. The van der Waals surface area contributed by atoms with Crippen molar-refractivity contribution in [2.75, 3.05) is 36.4 Å². The van der Waals surface area contributed by atoms with Gasteiger partial charge in [-0.15, -0.1) is 0 Å². The Kier molecular flexibility index (Phi) is 6.88. The van der Waals surface area contributed by atoms with Gasteiger partial charge < -0.3 is 15.1 Å². The summed E-state index contributed by atoms with van der Waals surface area (Å²) >= 11 is 0. The van der Waals surface area contributed by atoms with E-state index in [9.17, 15) is 18.4 Å². The van der Waals surface area contributed by atoms with Gasteiger partial charge in [0.1, 0.15) is 11.6 Å². The highest BCUT2D eigenvalue weighted by molar-refractivity contribution is 5.94. The van der Waals surface area contributed by atoms with Crippen LogP contribution in [0, 0.1) is 17.6 Å². The molecule has 0 bridgehead atoms. The van der Waals surface area contributed by atoms with Crippen LogP contribution in [0.5, 0.6) is 0 Å². The van der Waals surface area contributed by atoms with Crippen molar-refractivity contribution in [1.82, 2.24) is 15.1 Å². The fraction of sp³-hybridized carbons (Fsp3) is 0.333. The summed E-state index contributed by atoms with van der Waals surface area (Å²) in [7, 11) is 0. The van der Waals surface area contributed by atoms with Crippen molar-refractivity contribution < 1.29 is 18.4 Å². The molecular weight excluding hydrogens is 464 g/mol. The highest BCUT2D eigenvalue weighted by Crippen LogP contribution is 2.30. The summed E-state index contributed by atoms with van der Waals surface area (Å²) in [6.45, 7) is 2.51. The Labute approximate surface area is 208 Å². The Balaban J connectivity index is 1.08. The lowest BCUT2D eigenvalue weighted by Crippen LogP contribution is -2.52. The zero-order chi connectivity index (χ0) is 25.1. The number of rotatable bonds is 6. The van der Waals surface area contributed by atoms with E-state index in [0.29, 0.717) is 37.7 Å². The van der Waals surface area contributed by atoms with Gasteiger partial charge >= 0.3 is 0 Å². The molecule has 3 aromatic rings. The fourth-order valence-electron chi connectivity index (χ4n) is 4.87. The van der Waals surface area contributed by atoms with E-state index in [1.807, 2.05) is 30.3 Å². The number of benzene rings is 2. The van der Waals surface area contributed by atoms with Crippen molar-refractivity contribution in [3.8, 4) is 0 Å². The quantitative estimate of drug-likeness (QED) is 0.568. The molecule has 5 rings (SSSR count). The first-order valence-electron chi connectivity index (χ1n) is 12.1. The summed E-state index contributed by atoms with van der Waals surface area (Å²) in [5, 5.41) is 10.6. The Hall–Kier alpha value is -3.88. The Morgan fingerprint density at radius 3 is 2.28 bits per heavy atom. The zero-order valence-corrected chi connectivity index (χ0v) is 19.7. The van der Waals surface area contributed by atoms with E-state index in [1.54, 1.807) is 17.3 Å².